The van der Waals surface area contributed by atoms with Crippen LogP contribution in [0.4, 0.5) is 0 Å². The molecule has 0 spiro atoms. The first-order valence-electron chi connectivity index (χ1n) is 8.75. The van der Waals surface area contributed by atoms with Crippen molar-refractivity contribution in [2.45, 2.75) is 84.1 Å². The van der Waals surface area contributed by atoms with Gasteiger partial charge >= 0.3 is 0 Å². The smallest absolute Gasteiger partial charge is 0.222 e. The predicted octanol–water partition coefficient (Wildman–Crippen LogP) is 3.73. The number of rotatable bonds is 10. The molecule has 1 aliphatic heterocycles. The summed E-state index contributed by atoms with van der Waals surface area (Å²) >= 11 is 0. The Kier molecular flexibility index (Phi) is 9.73. The summed E-state index contributed by atoms with van der Waals surface area (Å²) < 4.78 is 0. The molecule has 0 saturated carbocycles. The summed E-state index contributed by atoms with van der Waals surface area (Å²) in [6.45, 7) is 7.13. The van der Waals surface area contributed by atoms with Gasteiger partial charge in [-0.1, -0.05) is 58.3 Å². The maximum absolute atomic E-state index is 12.0. The van der Waals surface area contributed by atoms with E-state index in [4.69, 9.17) is 0 Å². The van der Waals surface area contributed by atoms with Gasteiger partial charge in [0.15, 0.2) is 0 Å². The molecule has 0 aromatic carbocycles. The highest BCUT2D eigenvalue weighted by molar-refractivity contribution is 5.76. The first kappa shape index (κ1) is 17.5. The Balaban J connectivity index is 1.91. The van der Waals surface area contributed by atoms with Crippen LogP contribution in [0.1, 0.15) is 78.1 Å². The van der Waals surface area contributed by atoms with E-state index in [2.05, 4.69) is 19.2 Å². The molecule has 0 radical (unpaired) electrons. The van der Waals surface area contributed by atoms with Crippen molar-refractivity contribution in [2.75, 3.05) is 19.6 Å². The van der Waals surface area contributed by atoms with Crippen molar-refractivity contribution in [2.24, 2.45) is 0 Å². The molecule has 118 valence electrons. The summed E-state index contributed by atoms with van der Waals surface area (Å²) in [5, 5.41) is 3.38. The third kappa shape index (κ3) is 7.88. The summed E-state index contributed by atoms with van der Waals surface area (Å²) in [6, 6.07) is 0.454. The lowest BCUT2D eigenvalue weighted by molar-refractivity contribution is -0.132. The van der Waals surface area contributed by atoms with Crippen LogP contribution in [0.2, 0.25) is 0 Å². The molecule has 0 aromatic heterocycles. The summed E-state index contributed by atoms with van der Waals surface area (Å²) in [5.74, 6) is 0.362. The van der Waals surface area contributed by atoms with Gasteiger partial charge in [0.25, 0.3) is 0 Å². The minimum absolute atomic E-state index is 0.362. The number of nitrogens with one attached hydrogen (secondary N) is 1. The average molecular weight is 282 g/mol. The number of hydrogen-bond acceptors (Lipinski definition) is 2. The summed E-state index contributed by atoms with van der Waals surface area (Å²) in [6.07, 6.45) is 12.6. The lowest BCUT2D eigenvalue weighted by atomic mass is 10.1. The highest BCUT2D eigenvalue weighted by Gasteiger charge is 2.19. The van der Waals surface area contributed by atoms with Gasteiger partial charge < -0.3 is 10.2 Å². The van der Waals surface area contributed by atoms with Gasteiger partial charge in [-0.25, -0.2) is 0 Å². The van der Waals surface area contributed by atoms with Crippen molar-refractivity contribution in [3.63, 3.8) is 0 Å². The number of unbranched alkanes of at least 4 members (excludes halogenated alkanes) is 8. The quantitative estimate of drug-likeness (QED) is 0.619. The molecule has 3 nitrogen and oxygen atoms in total. The van der Waals surface area contributed by atoms with E-state index in [9.17, 15) is 4.79 Å². The Morgan fingerprint density at radius 1 is 1.05 bits per heavy atom. The van der Waals surface area contributed by atoms with Crippen LogP contribution in [0.3, 0.4) is 0 Å². The molecule has 3 heteroatoms. The fraction of sp³-hybridized carbons (Fsp3) is 0.941. The van der Waals surface area contributed by atoms with E-state index >= 15 is 0 Å². The average Bonchev–Trinajstić information content (AvgIpc) is 2.45. The fourth-order valence-corrected chi connectivity index (χ4v) is 2.90. The molecule has 0 aromatic rings. The highest BCUT2D eigenvalue weighted by atomic mass is 16.2. The molecule has 0 unspecified atom stereocenters. The Morgan fingerprint density at radius 3 is 2.25 bits per heavy atom. The van der Waals surface area contributed by atoms with Gasteiger partial charge in [0.05, 0.1) is 0 Å². The van der Waals surface area contributed by atoms with Gasteiger partial charge in [-0.3, -0.25) is 4.79 Å². The number of nitrogens with zero attached hydrogens (tertiary/aromatic N) is 1. The van der Waals surface area contributed by atoms with Crippen LogP contribution in [0.5, 0.6) is 0 Å². The zero-order chi connectivity index (χ0) is 14.6. The number of hydrogen-bond donors (Lipinski definition) is 1. The molecule has 1 atom stereocenters. The number of piperazine rings is 1. The standard InChI is InChI=1S/C17H34N2O/c1-3-4-5-6-7-8-9-10-11-12-17(20)19-14-13-18-16(2)15-19/h16,18H,3-15H2,1-2H3/t16-/m0/s1. The number of carbonyl (C=O) groups is 1. The van der Waals surface area contributed by atoms with E-state index in [1.807, 2.05) is 4.90 Å². The predicted molar refractivity (Wildman–Crippen MR) is 85.9 cm³/mol. The normalized spacial score (nSPS) is 19.3. The zero-order valence-corrected chi connectivity index (χ0v) is 13.6. The molecular weight excluding hydrogens is 248 g/mol. The molecule has 1 N–H and O–H groups in total. The zero-order valence-electron chi connectivity index (χ0n) is 13.6. The van der Waals surface area contributed by atoms with Crippen LogP contribution in [-0.4, -0.2) is 36.5 Å². The molecule has 1 heterocycles. The summed E-state index contributed by atoms with van der Waals surface area (Å²) in [5.41, 5.74) is 0. The number of carbonyl (C=O) groups excluding carboxylic acids is 1. The largest absolute Gasteiger partial charge is 0.340 e. The van der Waals surface area contributed by atoms with Gasteiger partial charge in [0.1, 0.15) is 0 Å². The van der Waals surface area contributed by atoms with Gasteiger partial charge in [-0.15, -0.1) is 0 Å². The highest BCUT2D eigenvalue weighted by Crippen LogP contribution is 2.11. The van der Waals surface area contributed by atoms with Crippen molar-refractivity contribution < 1.29 is 4.79 Å². The first-order chi connectivity index (χ1) is 9.74. The molecule has 20 heavy (non-hydrogen) atoms. The van der Waals surface area contributed by atoms with Crippen LogP contribution in [0.25, 0.3) is 0 Å². The Morgan fingerprint density at radius 2 is 1.65 bits per heavy atom. The van der Waals surface area contributed by atoms with Crippen molar-refractivity contribution in [3.8, 4) is 0 Å². The molecule has 1 aliphatic rings. The lowest BCUT2D eigenvalue weighted by Crippen LogP contribution is -2.51. The number of amides is 1. The Labute approximate surface area is 125 Å². The molecule has 0 aliphatic carbocycles. The lowest BCUT2D eigenvalue weighted by Gasteiger charge is -2.32. The second kappa shape index (κ2) is 11.1. The van der Waals surface area contributed by atoms with Crippen LogP contribution in [0.15, 0.2) is 0 Å². The third-order valence-electron chi connectivity index (χ3n) is 4.22. The monoisotopic (exact) mass is 282 g/mol. The fourth-order valence-electron chi connectivity index (χ4n) is 2.90. The molecule has 1 rings (SSSR count). The van der Waals surface area contributed by atoms with Crippen molar-refractivity contribution in [3.05, 3.63) is 0 Å². The Hall–Kier alpha value is -0.570. The van der Waals surface area contributed by atoms with E-state index in [-0.39, 0.29) is 0 Å². The van der Waals surface area contributed by atoms with Crippen LogP contribution in [0, 0.1) is 0 Å². The van der Waals surface area contributed by atoms with Crippen LogP contribution < -0.4 is 5.32 Å². The minimum atomic E-state index is 0.362. The van der Waals surface area contributed by atoms with Gasteiger partial charge in [0, 0.05) is 32.1 Å². The molecule has 1 saturated heterocycles. The maximum atomic E-state index is 12.0. The Bertz CT molecular complexity index is 255. The second-order valence-corrected chi connectivity index (χ2v) is 6.27. The van der Waals surface area contributed by atoms with E-state index in [0.717, 1.165) is 32.5 Å². The van der Waals surface area contributed by atoms with Crippen LogP contribution in [-0.2, 0) is 4.79 Å². The minimum Gasteiger partial charge on any atom is -0.340 e. The summed E-state index contributed by atoms with van der Waals surface area (Å²) in [4.78, 5) is 14.1. The molecule has 1 amide bonds. The topological polar surface area (TPSA) is 32.3 Å². The second-order valence-electron chi connectivity index (χ2n) is 6.27. The van der Waals surface area contributed by atoms with Gasteiger partial charge in [0.2, 0.25) is 5.91 Å². The third-order valence-corrected chi connectivity index (χ3v) is 4.22. The molecule has 0 bridgehead atoms. The van der Waals surface area contributed by atoms with E-state index in [1.54, 1.807) is 0 Å². The van der Waals surface area contributed by atoms with Gasteiger partial charge in [-0.05, 0) is 13.3 Å². The van der Waals surface area contributed by atoms with E-state index < -0.39 is 0 Å². The summed E-state index contributed by atoms with van der Waals surface area (Å²) in [7, 11) is 0. The van der Waals surface area contributed by atoms with Crippen LogP contribution >= 0.6 is 0 Å². The van der Waals surface area contributed by atoms with Crippen molar-refractivity contribution in [1.82, 2.24) is 10.2 Å². The SMILES string of the molecule is CCCCCCCCCCCC(=O)N1CCN[C@@H](C)C1. The van der Waals surface area contributed by atoms with Crippen molar-refractivity contribution >= 4 is 5.91 Å². The first-order valence-corrected chi connectivity index (χ1v) is 8.75. The molecule has 1 fully saturated rings. The van der Waals surface area contributed by atoms with E-state index in [0.29, 0.717) is 11.9 Å². The van der Waals surface area contributed by atoms with E-state index in [1.165, 1.54) is 51.4 Å². The molecular formula is C17H34N2O. The van der Waals surface area contributed by atoms with Gasteiger partial charge in [-0.2, -0.15) is 0 Å². The van der Waals surface area contributed by atoms with Crippen molar-refractivity contribution in [1.29, 1.82) is 0 Å². The maximum Gasteiger partial charge on any atom is 0.222 e.